The van der Waals surface area contributed by atoms with E-state index in [1.165, 1.54) is 10.4 Å². The van der Waals surface area contributed by atoms with Gasteiger partial charge in [-0.3, -0.25) is 0 Å². The van der Waals surface area contributed by atoms with Crippen LogP contribution in [0.1, 0.15) is 35.3 Å². The van der Waals surface area contributed by atoms with E-state index >= 15 is 0 Å². The Balaban J connectivity index is 1.87. The minimum Gasteiger partial charge on any atom is -0.494 e. The number of thiazole rings is 1. The van der Waals surface area contributed by atoms with Gasteiger partial charge in [0.05, 0.1) is 12.6 Å². The number of benzene rings is 1. The summed E-state index contributed by atoms with van der Waals surface area (Å²) in [5, 5.41) is 4.63. The number of nitrogens with zero attached hydrogens (tertiary/aromatic N) is 1. The van der Waals surface area contributed by atoms with Crippen molar-refractivity contribution in [3.63, 3.8) is 0 Å². The molecule has 0 saturated heterocycles. The van der Waals surface area contributed by atoms with Crippen molar-refractivity contribution in [3.8, 4) is 5.75 Å². The summed E-state index contributed by atoms with van der Waals surface area (Å²) in [6.45, 7) is 7.77. The summed E-state index contributed by atoms with van der Waals surface area (Å²) in [6, 6.07) is 8.50. The van der Waals surface area contributed by atoms with Crippen molar-refractivity contribution in [1.29, 1.82) is 0 Å². The summed E-state index contributed by atoms with van der Waals surface area (Å²) in [6.07, 6.45) is 1.93. The molecule has 0 bridgehead atoms. The quantitative estimate of drug-likeness (QED) is 0.873. The van der Waals surface area contributed by atoms with E-state index in [0.717, 1.165) is 17.3 Å². The predicted octanol–water partition coefficient (Wildman–Crippen LogP) is 3.70. The lowest BCUT2D eigenvalue weighted by Crippen LogP contribution is -2.17. The fourth-order valence-corrected chi connectivity index (χ4v) is 2.60. The van der Waals surface area contributed by atoms with Crippen molar-refractivity contribution in [2.24, 2.45) is 0 Å². The Morgan fingerprint density at radius 2 is 2.05 bits per heavy atom. The van der Waals surface area contributed by atoms with Gasteiger partial charge in [-0.1, -0.05) is 12.1 Å². The van der Waals surface area contributed by atoms with Crippen molar-refractivity contribution in [2.75, 3.05) is 6.61 Å². The Morgan fingerprint density at radius 3 is 2.63 bits per heavy atom. The molecular weight excluding hydrogens is 256 g/mol. The summed E-state index contributed by atoms with van der Waals surface area (Å²) < 4.78 is 5.43. The monoisotopic (exact) mass is 276 g/mol. The standard InChI is InChI=1S/C15H20N2OS/c1-4-18-14-7-5-13(6-8-14)10-16-12(3)15-17-9-11(2)19-15/h5-9,12,16H,4,10H2,1-3H3. The molecule has 0 saturated carbocycles. The predicted molar refractivity (Wildman–Crippen MR) is 79.7 cm³/mol. The lowest BCUT2D eigenvalue weighted by Gasteiger charge is -2.11. The lowest BCUT2D eigenvalue weighted by atomic mass is 10.2. The van der Waals surface area contributed by atoms with E-state index in [0.29, 0.717) is 6.61 Å². The number of aromatic nitrogens is 1. The molecule has 4 heteroatoms. The molecule has 1 aromatic heterocycles. The molecule has 0 aliphatic heterocycles. The van der Waals surface area contributed by atoms with E-state index in [2.05, 4.69) is 36.3 Å². The Bertz CT molecular complexity index is 507. The average molecular weight is 276 g/mol. The number of hydrogen-bond donors (Lipinski definition) is 1. The molecule has 19 heavy (non-hydrogen) atoms. The third-order valence-electron chi connectivity index (χ3n) is 2.86. The highest BCUT2D eigenvalue weighted by Crippen LogP contribution is 2.19. The Labute approximate surface area is 118 Å². The molecule has 1 atom stereocenters. The lowest BCUT2D eigenvalue weighted by molar-refractivity contribution is 0.340. The number of nitrogens with one attached hydrogen (secondary N) is 1. The number of hydrogen-bond acceptors (Lipinski definition) is 4. The number of rotatable bonds is 6. The van der Waals surface area contributed by atoms with Crippen LogP contribution < -0.4 is 10.1 Å². The highest BCUT2D eigenvalue weighted by atomic mass is 32.1. The van der Waals surface area contributed by atoms with Gasteiger partial charge >= 0.3 is 0 Å². The van der Waals surface area contributed by atoms with Gasteiger partial charge in [0.15, 0.2) is 0 Å². The van der Waals surface area contributed by atoms with Gasteiger partial charge in [0, 0.05) is 17.6 Å². The SMILES string of the molecule is CCOc1ccc(CNC(C)c2ncc(C)s2)cc1. The van der Waals surface area contributed by atoms with Crippen LogP contribution in [-0.4, -0.2) is 11.6 Å². The Hall–Kier alpha value is -1.39. The molecule has 0 aliphatic rings. The van der Waals surface area contributed by atoms with Gasteiger partial charge in [0.1, 0.15) is 10.8 Å². The summed E-state index contributed by atoms with van der Waals surface area (Å²) in [4.78, 5) is 5.66. The van der Waals surface area contributed by atoms with Crippen molar-refractivity contribution in [3.05, 3.63) is 45.9 Å². The average Bonchev–Trinajstić information content (AvgIpc) is 2.85. The largest absolute Gasteiger partial charge is 0.494 e. The maximum Gasteiger partial charge on any atom is 0.119 e. The molecular formula is C15H20N2OS. The van der Waals surface area contributed by atoms with E-state index in [9.17, 15) is 0 Å². The molecule has 1 heterocycles. The van der Waals surface area contributed by atoms with Gasteiger partial charge in [0.2, 0.25) is 0 Å². The first-order chi connectivity index (χ1) is 9.19. The maximum atomic E-state index is 5.43. The highest BCUT2D eigenvalue weighted by molar-refractivity contribution is 7.11. The smallest absolute Gasteiger partial charge is 0.119 e. The first-order valence-electron chi connectivity index (χ1n) is 6.56. The molecule has 2 rings (SSSR count). The second-order valence-corrected chi connectivity index (χ2v) is 5.76. The summed E-state index contributed by atoms with van der Waals surface area (Å²) >= 11 is 1.75. The molecule has 1 unspecified atom stereocenters. The van der Waals surface area contributed by atoms with Crippen molar-refractivity contribution >= 4 is 11.3 Å². The zero-order valence-corrected chi connectivity index (χ0v) is 12.5. The number of aryl methyl sites for hydroxylation is 1. The normalized spacial score (nSPS) is 12.4. The first kappa shape index (κ1) is 14.0. The van der Waals surface area contributed by atoms with E-state index < -0.39 is 0 Å². The van der Waals surface area contributed by atoms with Crippen LogP contribution in [0.2, 0.25) is 0 Å². The zero-order valence-electron chi connectivity index (χ0n) is 11.6. The molecule has 0 fully saturated rings. The zero-order chi connectivity index (χ0) is 13.7. The third kappa shape index (κ3) is 4.04. The van der Waals surface area contributed by atoms with Gasteiger partial charge in [-0.05, 0) is 38.5 Å². The van der Waals surface area contributed by atoms with Crippen LogP contribution >= 0.6 is 11.3 Å². The van der Waals surface area contributed by atoms with E-state index in [-0.39, 0.29) is 6.04 Å². The Kier molecular flexibility index (Phi) is 4.93. The second kappa shape index (κ2) is 6.68. The van der Waals surface area contributed by atoms with E-state index in [4.69, 9.17) is 4.74 Å². The molecule has 3 nitrogen and oxygen atoms in total. The van der Waals surface area contributed by atoms with Gasteiger partial charge in [-0.2, -0.15) is 0 Å². The van der Waals surface area contributed by atoms with Gasteiger partial charge in [-0.25, -0.2) is 4.98 Å². The van der Waals surface area contributed by atoms with Crippen LogP contribution in [0, 0.1) is 6.92 Å². The van der Waals surface area contributed by atoms with Crippen molar-refractivity contribution < 1.29 is 4.74 Å². The summed E-state index contributed by atoms with van der Waals surface area (Å²) in [5.41, 5.74) is 1.25. The van der Waals surface area contributed by atoms with E-state index in [1.807, 2.05) is 25.3 Å². The van der Waals surface area contributed by atoms with Crippen LogP contribution in [0.4, 0.5) is 0 Å². The topological polar surface area (TPSA) is 34.1 Å². The second-order valence-electron chi connectivity index (χ2n) is 4.49. The molecule has 0 radical (unpaired) electrons. The van der Waals surface area contributed by atoms with Gasteiger partial charge < -0.3 is 10.1 Å². The molecule has 102 valence electrons. The number of ether oxygens (including phenoxy) is 1. The van der Waals surface area contributed by atoms with E-state index in [1.54, 1.807) is 11.3 Å². The third-order valence-corrected chi connectivity index (χ3v) is 3.95. The molecule has 0 spiro atoms. The molecule has 0 amide bonds. The molecule has 2 aromatic rings. The maximum absolute atomic E-state index is 5.43. The highest BCUT2D eigenvalue weighted by Gasteiger charge is 2.08. The summed E-state index contributed by atoms with van der Waals surface area (Å²) in [7, 11) is 0. The summed E-state index contributed by atoms with van der Waals surface area (Å²) in [5.74, 6) is 0.926. The van der Waals surface area contributed by atoms with Crippen LogP contribution in [-0.2, 0) is 6.54 Å². The molecule has 0 aliphatic carbocycles. The first-order valence-corrected chi connectivity index (χ1v) is 7.38. The van der Waals surface area contributed by atoms with Crippen LogP contribution in [0.15, 0.2) is 30.5 Å². The van der Waals surface area contributed by atoms with Crippen LogP contribution in [0.25, 0.3) is 0 Å². The molecule has 1 N–H and O–H groups in total. The van der Waals surface area contributed by atoms with Crippen molar-refractivity contribution in [2.45, 2.75) is 33.4 Å². The fourth-order valence-electron chi connectivity index (χ4n) is 1.80. The minimum absolute atomic E-state index is 0.283. The van der Waals surface area contributed by atoms with Gasteiger partial charge in [-0.15, -0.1) is 11.3 Å². The molecule has 1 aromatic carbocycles. The van der Waals surface area contributed by atoms with Crippen LogP contribution in [0.3, 0.4) is 0 Å². The fraction of sp³-hybridized carbons (Fsp3) is 0.400. The van der Waals surface area contributed by atoms with Crippen LogP contribution in [0.5, 0.6) is 5.75 Å². The van der Waals surface area contributed by atoms with Gasteiger partial charge in [0.25, 0.3) is 0 Å². The minimum atomic E-state index is 0.283. The Morgan fingerprint density at radius 1 is 1.32 bits per heavy atom. The van der Waals surface area contributed by atoms with Crippen molar-refractivity contribution in [1.82, 2.24) is 10.3 Å².